The van der Waals surface area contributed by atoms with Crippen molar-refractivity contribution in [2.24, 2.45) is 0 Å². The Morgan fingerprint density at radius 2 is 1.63 bits per heavy atom. The van der Waals surface area contributed by atoms with E-state index in [9.17, 15) is 23.1 Å². The summed E-state index contributed by atoms with van der Waals surface area (Å²) in [5, 5.41) is 25.2. The van der Waals surface area contributed by atoms with Crippen LogP contribution in [0.2, 0.25) is 0 Å². The van der Waals surface area contributed by atoms with Gasteiger partial charge in [-0.05, 0) is 42.5 Å². The summed E-state index contributed by atoms with van der Waals surface area (Å²) in [6.45, 7) is 1.76. The Bertz CT molecular complexity index is 782. The summed E-state index contributed by atoms with van der Waals surface area (Å²) in [5.41, 5.74) is 0.374. The van der Waals surface area contributed by atoms with Gasteiger partial charge in [0.15, 0.2) is 0 Å². The molecule has 0 saturated carbocycles. The van der Waals surface area contributed by atoms with E-state index in [1.165, 1.54) is 12.1 Å². The molecule has 8 heteroatoms. The summed E-state index contributed by atoms with van der Waals surface area (Å²) in [6.07, 6.45) is -4.19. The van der Waals surface area contributed by atoms with E-state index in [-0.39, 0.29) is 18.2 Å². The third-order valence-corrected chi connectivity index (χ3v) is 4.88. The van der Waals surface area contributed by atoms with Crippen LogP contribution in [-0.4, -0.2) is 28.9 Å². The van der Waals surface area contributed by atoms with Crippen molar-refractivity contribution in [3.05, 3.63) is 71.3 Å². The fourth-order valence-electron chi connectivity index (χ4n) is 3.18. The van der Waals surface area contributed by atoms with E-state index in [0.29, 0.717) is 19.3 Å². The second kappa shape index (κ2) is 11.0. The van der Waals surface area contributed by atoms with Crippen LogP contribution in [0, 0.1) is 0 Å². The van der Waals surface area contributed by atoms with Crippen LogP contribution in [0.5, 0.6) is 0 Å². The molecule has 30 heavy (non-hydrogen) atoms. The van der Waals surface area contributed by atoms with Crippen molar-refractivity contribution in [3.63, 3.8) is 0 Å². The molecule has 0 bridgehead atoms. The lowest BCUT2D eigenvalue weighted by Gasteiger charge is -2.26. The van der Waals surface area contributed by atoms with Gasteiger partial charge >= 0.3 is 12.2 Å². The summed E-state index contributed by atoms with van der Waals surface area (Å²) >= 11 is 0. The molecule has 3 unspecified atom stereocenters. The van der Waals surface area contributed by atoms with Gasteiger partial charge in [0.25, 0.3) is 0 Å². The molecule has 2 rings (SSSR count). The molecule has 0 aliphatic rings. The van der Waals surface area contributed by atoms with Crippen LogP contribution in [0.1, 0.15) is 55.0 Å². The van der Waals surface area contributed by atoms with Crippen LogP contribution in [0.3, 0.4) is 0 Å². The second-order valence-electron chi connectivity index (χ2n) is 7.03. The maximum absolute atomic E-state index is 12.7. The Labute approximate surface area is 173 Å². The van der Waals surface area contributed by atoms with Crippen molar-refractivity contribution >= 4 is 6.03 Å². The average Bonchev–Trinajstić information content (AvgIpc) is 2.74. The first-order valence-corrected chi connectivity index (χ1v) is 9.84. The Morgan fingerprint density at radius 1 is 1.00 bits per heavy atom. The maximum Gasteiger partial charge on any atom is 0.416 e. The molecule has 0 spiro atoms. The number of nitrogens with one attached hydrogen (secondary N) is 2. The van der Waals surface area contributed by atoms with E-state index in [0.717, 1.165) is 17.7 Å². The first-order chi connectivity index (χ1) is 14.3. The topological polar surface area (TPSA) is 81.6 Å². The molecule has 0 fully saturated rings. The minimum absolute atomic E-state index is 0.00312. The molecular weight excluding hydrogens is 397 g/mol. The molecule has 164 valence electrons. The highest BCUT2D eigenvalue weighted by Crippen LogP contribution is 2.30. The fourth-order valence-corrected chi connectivity index (χ4v) is 3.18. The SMILES string of the molecule is CCC(NC(=O)NC(CCCO)c1ccccc1)C(O)c1ccc(C(F)(F)F)cc1. The zero-order valence-corrected chi connectivity index (χ0v) is 16.7. The van der Waals surface area contributed by atoms with Gasteiger partial charge in [-0.25, -0.2) is 4.79 Å². The first-order valence-electron chi connectivity index (χ1n) is 9.84. The minimum Gasteiger partial charge on any atom is -0.396 e. The quantitative estimate of drug-likeness (QED) is 0.484. The van der Waals surface area contributed by atoms with Crippen LogP contribution in [0.4, 0.5) is 18.0 Å². The smallest absolute Gasteiger partial charge is 0.396 e. The number of aliphatic hydroxyl groups is 2. The molecular formula is C22H27F3N2O3. The third kappa shape index (κ3) is 6.74. The van der Waals surface area contributed by atoms with Gasteiger partial charge in [-0.3, -0.25) is 0 Å². The average molecular weight is 424 g/mol. The highest BCUT2D eigenvalue weighted by atomic mass is 19.4. The van der Waals surface area contributed by atoms with E-state index in [2.05, 4.69) is 10.6 Å². The summed E-state index contributed by atoms with van der Waals surface area (Å²) in [7, 11) is 0. The van der Waals surface area contributed by atoms with Crippen LogP contribution < -0.4 is 10.6 Å². The van der Waals surface area contributed by atoms with Gasteiger partial charge in [-0.15, -0.1) is 0 Å². The number of amides is 2. The lowest BCUT2D eigenvalue weighted by molar-refractivity contribution is -0.137. The Hall–Kier alpha value is -2.58. The molecule has 2 aromatic rings. The molecule has 0 saturated heterocycles. The first kappa shape index (κ1) is 23.7. The van der Waals surface area contributed by atoms with E-state index in [4.69, 9.17) is 5.11 Å². The van der Waals surface area contributed by atoms with Crippen molar-refractivity contribution in [3.8, 4) is 0 Å². The van der Waals surface area contributed by atoms with Crippen molar-refractivity contribution < 1.29 is 28.2 Å². The Balaban J connectivity index is 2.05. The van der Waals surface area contributed by atoms with Gasteiger partial charge in [0.05, 0.1) is 23.8 Å². The number of rotatable bonds is 9. The zero-order chi connectivity index (χ0) is 22.1. The number of urea groups is 1. The summed E-state index contributed by atoms with van der Waals surface area (Å²) in [4.78, 5) is 12.5. The number of carbonyl (C=O) groups excluding carboxylic acids is 1. The molecule has 2 aromatic carbocycles. The predicted molar refractivity (Wildman–Crippen MR) is 108 cm³/mol. The third-order valence-electron chi connectivity index (χ3n) is 4.88. The normalized spacial score (nSPS) is 14.6. The van der Waals surface area contributed by atoms with E-state index in [1.54, 1.807) is 6.92 Å². The molecule has 2 amide bonds. The van der Waals surface area contributed by atoms with Gasteiger partial charge in [0.2, 0.25) is 0 Å². The van der Waals surface area contributed by atoms with Gasteiger partial charge in [0, 0.05) is 6.61 Å². The number of hydrogen-bond acceptors (Lipinski definition) is 3. The number of carbonyl (C=O) groups is 1. The lowest BCUT2D eigenvalue weighted by atomic mass is 9.99. The number of alkyl halides is 3. The Morgan fingerprint density at radius 3 is 2.17 bits per heavy atom. The van der Waals surface area contributed by atoms with Crippen molar-refractivity contribution in [2.45, 2.75) is 50.6 Å². The van der Waals surface area contributed by atoms with E-state index >= 15 is 0 Å². The largest absolute Gasteiger partial charge is 0.416 e. The zero-order valence-electron chi connectivity index (χ0n) is 16.7. The predicted octanol–water partition coefficient (Wildman–Crippen LogP) is 4.33. The maximum atomic E-state index is 12.7. The van der Waals surface area contributed by atoms with Gasteiger partial charge in [0.1, 0.15) is 0 Å². The Kier molecular flexibility index (Phi) is 8.68. The summed E-state index contributed by atoms with van der Waals surface area (Å²) < 4.78 is 38.2. The van der Waals surface area contributed by atoms with Gasteiger partial charge < -0.3 is 20.8 Å². The highest BCUT2D eigenvalue weighted by Gasteiger charge is 2.31. The fraction of sp³-hybridized carbons (Fsp3) is 0.409. The molecule has 0 heterocycles. The monoisotopic (exact) mass is 424 g/mol. The van der Waals surface area contributed by atoms with E-state index < -0.39 is 29.9 Å². The highest BCUT2D eigenvalue weighted by molar-refractivity contribution is 5.75. The standard InChI is InChI=1S/C22H27F3N2O3/c1-2-18(20(29)16-10-12-17(13-11-16)22(23,24)25)26-21(30)27-19(9-6-14-28)15-7-4-3-5-8-15/h3-5,7-8,10-13,18-20,28-29H,2,6,9,14H2,1H3,(H2,26,27,30). The van der Waals surface area contributed by atoms with E-state index in [1.807, 2.05) is 30.3 Å². The van der Waals surface area contributed by atoms with Crippen LogP contribution in [0.15, 0.2) is 54.6 Å². The molecule has 0 aromatic heterocycles. The summed E-state index contributed by atoms with van der Waals surface area (Å²) in [6, 6.07) is 12.0. The molecule has 5 nitrogen and oxygen atoms in total. The number of hydrogen-bond donors (Lipinski definition) is 4. The molecule has 3 atom stereocenters. The van der Waals surface area contributed by atoms with Crippen LogP contribution in [-0.2, 0) is 6.18 Å². The van der Waals surface area contributed by atoms with Gasteiger partial charge in [-0.1, -0.05) is 49.4 Å². The number of halogens is 3. The molecule has 4 N–H and O–H groups in total. The van der Waals surface area contributed by atoms with Crippen LogP contribution >= 0.6 is 0 Å². The lowest BCUT2D eigenvalue weighted by Crippen LogP contribution is -2.45. The number of aliphatic hydroxyl groups excluding tert-OH is 2. The second-order valence-corrected chi connectivity index (χ2v) is 7.03. The molecule has 0 aliphatic heterocycles. The molecule has 0 radical (unpaired) electrons. The van der Waals surface area contributed by atoms with Crippen molar-refractivity contribution in [1.29, 1.82) is 0 Å². The van der Waals surface area contributed by atoms with Crippen molar-refractivity contribution in [1.82, 2.24) is 10.6 Å². The van der Waals surface area contributed by atoms with Gasteiger partial charge in [-0.2, -0.15) is 13.2 Å². The van der Waals surface area contributed by atoms with Crippen LogP contribution in [0.25, 0.3) is 0 Å². The van der Waals surface area contributed by atoms with Crippen molar-refractivity contribution in [2.75, 3.05) is 6.61 Å². The minimum atomic E-state index is -4.45. The molecule has 0 aliphatic carbocycles. The number of benzene rings is 2. The summed E-state index contributed by atoms with van der Waals surface area (Å²) in [5.74, 6) is 0.